The average molecular weight is 210 g/mol. The highest BCUT2D eigenvalue weighted by Gasteiger charge is 2.14. The van der Waals surface area contributed by atoms with Crippen molar-refractivity contribution in [3.05, 3.63) is 11.1 Å². The first kappa shape index (κ1) is 12.3. The molecule has 0 rings (SSSR count). The Labute approximate surface area is 85.1 Å². The van der Waals surface area contributed by atoms with Gasteiger partial charge in [0, 0.05) is 24.5 Å². The Kier molecular flexibility index (Phi) is 5.98. The summed E-state index contributed by atoms with van der Waals surface area (Å²) in [6, 6.07) is 0. The molecule has 0 fully saturated rings. The van der Waals surface area contributed by atoms with Gasteiger partial charge in [0.2, 0.25) is 0 Å². The highest BCUT2D eigenvalue weighted by Crippen LogP contribution is 2.14. The van der Waals surface area contributed by atoms with Crippen molar-refractivity contribution >= 4 is 23.2 Å². The molecule has 72 valence electrons. The molecule has 0 saturated carbocycles. The third kappa shape index (κ3) is 5.87. The summed E-state index contributed by atoms with van der Waals surface area (Å²) in [4.78, 5) is 0. The average Bonchev–Trinajstić information content (AvgIpc) is 2.04. The highest BCUT2D eigenvalue weighted by molar-refractivity contribution is 6.25. The van der Waals surface area contributed by atoms with Crippen molar-refractivity contribution in [3.8, 4) is 0 Å². The molecule has 0 aromatic heterocycles. The van der Waals surface area contributed by atoms with Crippen LogP contribution in [-0.2, 0) is 0 Å². The first-order chi connectivity index (χ1) is 5.52. The minimum Gasteiger partial charge on any atom is -0.312 e. The van der Waals surface area contributed by atoms with Crippen molar-refractivity contribution in [1.82, 2.24) is 5.32 Å². The molecule has 12 heavy (non-hydrogen) atoms. The van der Waals surface area contributed by atoms with Crippen molar-refractivity contribution in [1.29, 1.82) is 0 Å². The van der Waals surface area contributed by atoms with Gasteiger partial charge in [-0.3, -0.25) is 0 Å². The Balaban J connectivity index is 3.56. The number of hydrogen-bond acceptors (Lipinski definition) is 1. The molecular weight excluding hydrogens is 193 g/mol. The molecule has 1 nitrogen and oxygen atoms in total. The number of halogens is 2. The molecule has 0 aromatic carbocycles. The van der Waals surface area contributed by atoms with E-state index in [9.17, 15) is 0 Å². The minimum absolute atomic E-state index is 0.161. The summed E-state index contributed by atoms with van der Waals surface area (Å²) in [6.07, 6.45) is 0. The largest absolute Gasteiger partial charge is 0.312 e. The number of hydrogen-bond donors (Lipinski definition) is 1. The second-order valence-corrected chi connectivity index (χ2v) is 4.34. The van der Waals surface area contributed by atoms with Crippen molar-refractivity contribution in [2.75, 3.05) is 19.0 Å². The van der Waals surface area contributed by atoms with Gasteiger partial charge in [0.25, 0.3) is 0 Å². The summed E-state index contributed by atoms with van der Waals surface area (Å²) in [5, 5.41) is 3.29. The summed E-state index contributed by atoms with van der Waals surface area (Å²) in [6.45, 7) is 8.01. The molecule has 0 bridgehead atoms. The van der Waals surface area contributed by atoms with E-state index < -0.39 is 0 Å². The summed E-state index contributed by atoms with van der Waals surface area (Å²) in [5.41, 5.74) is 2.90. The molecular formula is C9H17Cl2N. The lowest BCUT2D eigenvalue weighted by Gasteiger charge is -2.21. The van der Waals surface area contributed by atoms with Crippen LogP contribution in [0.2, 0.25) is 0 Å². The fraction of sp³-hybridized carbons (Fsp3) is 0.778. The van der Waals surface area contributed by atoms with Gasteiger partial charge in [-0.2, -0.15) is 0 Å². The van der Waals surface area contributed by atoms with E-state index in [4.69, 9.17) is 23.2 Å². The fourth-order valence-electron chi connectivity index (χ4n) is 0.684. The van der Waals surface area contributed by atoms with Crippen LogP contribution in [0.4, 0.5) is 0 Å². The van der Waals surface area contributed by atoms with Gasteiger partial charge in [0.1, 0.15) is 0 Å². The van der Waals surface area contributed by atoms with E-state index in [0.29, 0.717) is 5.88 Å². The van der Waals surface area contributed by atoms with Gasteiger partial charge >= 0.3 is 0 Å². The number of nitrogens with one attached hydrogen (secondary N) is 1. The van der Waals surface area contributed by atoms with Gasteiger partial charge in [-0.15, -0.1) is 11.6 Å². The Hall–Kier alpha value is 0.280. The topological polar surface area (TPSA) is 12.0 Å². The van der Waals surface area contributed by atoms with E-state index in [1.807, 2.05) is 6.92 Å². The van der Waals surface area contributed by atoms with Crippen LogP contribution in [0.25, 0.3) is 0 Å². The maximum Gasteiger partial charge on any atom is 0.0286 e. The zero-order chi connectivity index (χ0) is 9.61. The Morgan fingerprint density at radius 1 is 1.50 bits per heavy atom. The first-order valence-corrected chi connectivity index (χ1v) is 5.01. The molecule has 0 saturated heterocycles. The normalized spacial score (nSPS) is 13.6. The molecule has 0 aliphatic heterocycles. The smallest absolute Gasteiger partial charge is 0.0286 e. The van der Waals surface area contributed by atoms with Crippen molar-refractivity contribution in [3.63, 3.8) is 0 Å². The second-order valence-electron chi connectivity index (χ2n) is 3.86. The van der Waals surface area contributed by atoms with Gasteiger partial charge < -0.3 is 5.32 Å². The summed E-state index contributed by atoms with van der Waals surface area (Å²) in [5.74, 6) is 0.670. The second kappa shape index (κ2) is 5.85. The van der Waals surface area contributed by atoms with Gasteiger partial charge in [0.05, 0.1) is 0 Å². The number of alkyl halides is 1. The van der Waals surface area contributed by atoms with Crippen LogP contribution in [0.1, 0.15) is 20.8 Å². The van der Waals surface area contributed by atoms with Gasteiger partial charge in [-0.05, 0) is 17.9 Å². The standard InChI is InChI=1S/C9H17Cl2N/c1-8(4-10)5-12-7-9(2,3)6-11/h4,12H,5-7H2,1-3H3. The molecule has 0 amide bonds. The Morgan fingerprint density at radius 3 is 2.50 bits per heavy atom. The van der Waals surface area contributed by atoms with E-state index in [1.165, 1.54) is 0 Å². The predicted molar refractivity (Wildman–Crippen MR) is 57.0 cm³/mol. The van der Waals surface area contributed by atoms with Crippen molar-refractivity contribution in [2.24, 2.45) is 5.41 Å². The monoisotopic (exact) mass is 209 g/mol. The van der Waals surface area contributed by atoms with Gasteiger partial charge in [-0.25, -0.2) is 0 Å². The first-order valence-electron chi connectivity index (χ1n) is 4.04. The zero-order valence-electron chi connectivity index (χ0n) is 7.95. The maximum absolute atomic E-state index is 5.76. The van der Waals surface area contributed by atoms with Crippen LogP contribution in [0, 0.1) is 5.41 Å². The molecule has 0 heterocycles. The lowest BCUT2D eigenvalue weighted by atomic mass is 9.96. The molecule has 0 aliphatic rings. The molecule has 1 N–H and O–H groups in total. The Bertz CT molecular complexity index is 153. The van der Waals surface area contributed by atoms with Crippen LogP contribution in [0.3, 0.4) is 0 Å². The number of rotatable bonds is 5. The quantitative estimate of drug-likeness (QED) is 0.688. The summed E-state index contributed by atoms with van der Waals surface area (Å²) < 4.78 is 0. The van der Waals surface area contributed by atoms with Crippen LogP contribution in [-0.4, -0.2) is 19.0 Å². The molecule has 3 heteroatoms. The van der Waals surface area contributed by atoms with E-state index in [-0.39, 0.29) is 5.41 Å². The SMILES string of the molecule is CC(=CCl)CNCC(C)(C)CCl. The highest BCUT2D eigenvalue weighted by atomic mass is 35.5. The van der Waals surface area contributed by atoms with Crippen molar-refractivity contribution < 1.29 is 0 Å². The maximum atomic E-state index is 5.76. The third-order valence-electron chi connectivity index (χ3n) is 1.56. The molecule has 0 aliphatic carbocycles. The summed E-state index contributed by atoms with van der Waals surface area (Å²) >= 11 is 11.3. The van der Waals surface area contributed by atoms with Crippen LogP contribution in [0.15, 0.2) is 11.1 Å². The Morgan fingerprint density at radius 2 is 2.08 bits per heavy atom. The van der Waals surface area contributed by atoms with Gasteiger partial charge in [-0.1, -0.05) is 25.4 Å². The minimum atomic E-state index is 0.161. The van der Waals surface area contributed by atoms with Crippen LogP contribution < -0.4 is 5.32 Å². The van der Waals surface area contributed by atoms with E-state index in [1.54, 1.807) is 5.54 Å². The van der Waals surface area contributed by atoms with Crippen molar-refractivity contribution in [2.45, 2.75) is 20.8 Å². The van der Waals surface area contributed by atoms with E-state index in [2.05, 4.69) is 19.2 Å². The third-order valence-corrected chi connectivity index (χ3v) is 2.65. The lowest BCUT2D eigenvalue weighted by molar-refractivity contribution is 0.393. The lowest BCUT2D eigenvalue weighted by Crippen LogP contribution is -2.31. The summed E-state index contributed by atoms with van der Waals surface area (Å²) in [7, 11) is 0. The van der Waals surface area contributed by atoms with Gasteiger partial charge in [0.15, 0.2) is 0 Å². The molecule has 0 radical (unpaired) electrons. The van der Waals surface area contributed by atoms with E-state index >= 15 is 0 Å². The zero-order valence-corrected chi connectivity index (χ0v) is 9.47. The molecule has 0 atom stereocenters. The molecule has 0 aromatic rings. The van der Waals surface area contributed by atoms with E-state index in [0.717, 1.165) is 18.7 Å². The fourth-order valence-corrected chi connectivity index (χ4v) is 0.856. The van der Waals surface area contributed by atoms with Crippen LogP contribution in [0.5, 0.6) is 0 Å². The predicted octanol–water partition coefficient (Wildman–Crippen LogP) is 2.98. The molecule has 0 unspecified atom stereocenters. The molecule has 0 spiro atoms. The van der Waals surface area contributed by atoms with Crippen LogP contribution >= 0.6 is 23.2 Å².